The third-order valence-corrected chi connectivity index (χ3v) is 4.59. The molecule has 126 valence electrons. The standard InChI is InChI=1S/C16H16FN3O3S/c1-22-14(24)19-7-11-8-20(15(21)23-11)10-2-3-12(13(17)6-10)16(9-18)4-5-16/h2-3,6,11H,4-5,7-8H2,1H3,(H,19,24)/t11-/m0/s1. The maximum Gasteiger partial charge on any atom is 0.414 e. The smallest absolute Gasteiger partial charge is 0.414 e. The molecule has 2 fully saturated rings. The molecule has 1 saturated heterocycles. The topological polar surface area (TPSA) is 74.6 Å². The van der Waals surface area contributed by atoms with Crippen LogP contribution in [-0.4, -0.2) is 37.6 Å². The van der Waals surface area contributed by atoms with Crippen molar-refractivity contribution in [2.75, 3.05) is 25.1 Å². The molecule has 0 bridgehead atoms. The number of cyclic esters (lactones) is 1. The van der Waals surface area contributed by atoms with E-state index >= 15 is 0 Å². The van der Waals surface area contributed by atoms with E-state index in [1.807, 2.05) is 0 Å². The number of hydrogen-bond acceptors (Lipinski definition) is 5. The number of amides is 1. The van der Waals surface area contributed by atoms with Crippen LogP contribution < -0.4 is 10.2 Å². The van der Waals surface area contributed by atoms with Crippen LogP contribution in [0.1, 0.15) is 18.4 Å². The zero-order valence-corrected chi connectivity index (χ0v) is 13.9. The van der Waals surface area contributed by atoms with E-state index in [1.54, 1.807) is 12.1 Å². The molecule has 0 radical (unpaired) electrons. The first-order valence-electron chi connectivity index (χ1n) is 7.50. The van der Waals surface area contributed by atoms with E-state index in [2.05, 4.69) is 11.4 Å². The van der Waals surface area contributed by atoms with Crippen molar-refractivity contribution < 1.29 is 18.7 Å². The van der Waals surface area contributed by atoms with E-state index in [0.717, 1.165) is 0 Å². The van der Waals surface area contributed by atoms with Crippen molar-refractivity contribution in [2.24, 2.45) is 0 Å². The number of methoxy groups -OCH3 is 1. The van der Waals surface area contributed by atoms with Crippen LogP contribution in [0.25, 0.3) is 0 Å². The number of rotatable bonds is 4. The minimum absolute atomic E-state index is 0.214. The summed E-state index contributed by atoms with van der Waals surface area (Å²) in [5.41, 5.74) is 0.105. The van der Waals surface area contributed by atoms with E-state index in [4.69, 9.17) is 21.7 Å². The van der Waals surface area contributed by atoms with Gasteiger partial charge < -0.3 is 14.8 Å². The van der Waals surface area contributed by atoms with Crippen LogP contribution in [0.4, 0.5) is 14.9 Å². The summed E-state index contributed by atoms with van der Waals surface area (Å²) in [4.78, 5) is 13.4. The van der Waals surface area contributed by atoms with Gasteiger partial charge >= 0.3 is 6.09 Å². The predicted molar refractivity (Wildman–Crippen MR) is 88.1 cm³/mol. The molecule has 3 rings (SSSR count). The number of carbonyl (C=O) groups excluding carboxylic acids is 1. The highest BCUT2D eigenvalue weighted by Gasteiger charge is 2.47. The molecule has 1 aromatic carbocycles. The Morgan fingerprint density at radius 2 is 2.38 bits per heavy atom. The quantitative estimate of drug-likeness (QED) is 0.840. The maximum absolute atomic E-state index is 14.4. The number of ether oxygens (including phenoxy) is 2. The fourth-order valence-corrected chi connectivity index (χ4v) is 2.82. The van der Waals surface area contributed by atoms with Crippen LogP contribution in [0.5, 0.6) is 0 Å². The molecule has 1 aromatic rings. The monoisotopic (exact) mass is 349 g/mol. The van der Waals surface area contributed by atoms with E-state index in [0.29, 0.717) is 30.6 Å². The van der Waals surface area contributed by atoms with E-state index < -0.39 is 23.4 Å². The van der Waals surface area contributed by atoms with Gasteiger partial charge in [-0.15, -0.1) is 0 Å². The lowest BCUT2D eigenvalue weighted by molar-refractivity contribution is 0.142. The van der Waals surface area contributed by atoms with Crippen LogP contribution in [0.3, 0.4) is 0 Å². The van der Waals surface area contributed by atoms with Gasteiger partial charge in [0.05, 0.1) is 37.4 Å². The molecule has 1 aliphatic heterocycles. The first-order chi connectivity index (χ1) is 11.5. The molecule has 0 spiro atoms. The number of halogens is 1. The number of nitrogens with zero attached hydrogens (tertiary/aromatic N) is 2. The van der Waals surface area contributed by atoms with Crippen molar-refractivity contribution in [1.29, 1.82) is 5.26 Å². The Kier molecular flexibility index (Phi) is 4.28. The Hall–Kier alpha value is -2.40. The number of nitriles is 1. The summed E-state index contributed by atoms with van der Waals surface area (Å²) < 4.78 is 24.4. The van der Waals surface area contributed by atoms with Crippen LogP contribution in [0.2, 0.25) is 0 Å². The van der Waals surface area contributed by atoms with E-state index in [9.17, 15) is 14.4 Å². The van der Waals surface area contributed by atoms with Crippen molar-refractivity contribution in [2.45, 2.75) is 24.4 Å². The molecule has 2 aliphatic rings. The van der Waals surface area contributed by atoms with Gasteiger partial charge in [0, 0.05) is 5.56 Å². The van der Waals surface area contributed by atoms with Crippen molar-refractivity contribution in [3.63, 3.8) is 0 Å². The SMILES string of the molecule is COC(=S)NC[C@H]1CN(c2ccc(C3(C#N)CC3)c(F)c2)C(=O)O1. The normalized spacial score (nSPS) is 21.0. The predicted octanol–water partition coefficient (Wildman–Crippen LogP) is 2.23. The zero-order chi connectivity index (χ0) is 17.3. The van der Waals surface area contributed by atoms with Crippen LogP contribution in [0, 0.1) is 17.1 Å². The summed E-state index contributed by atoms with van der Waals surface area (Å²) in [5, 5.41) is 12.2. The molecular weight excluding hydrogens is 333 g/mol. The molecule has 24 heavy (non-hydrogen) atoms. The molecule has 8 heteroatoms. The second kappa shape index (κ2) is 6.24. The fraction of sp³-hybridized carbons (Fsp3) is 0.438. The molecule has 1 amide bonds. The lowest BCUT2D eigenvalue weighted by Gasteiger charge is -2.15. The Morgan fingerprint density at radius 3 is 2.96 bits per heavy atom. The average Bonchev–Trinajstić information content (AvgIpc) is 3.29. The van der Waals surface area contributed by atoms with Crippen molar-refractivity contribution >= 4 is 29.2 Å². The van der Waals surface area contributed by atoms with Gasteiger partial charge in [0.15, 0.2) is 0 Å². The van der Waals surface area contributed by atoms with Gasteiger partial charge in [-0.1, -0.05) is 6.07 Å². The Labute approximate surface area is 144 Å². The largest absolute Gasteiger partial charge is 0.474 e. The molecule has 0 unspecified atom stereocenters. The Bertz CT molecular complexity index is 730. The van der Waals surface area contributed by atoms with Crippen molar-refractivity contribution in [3.8, 4) is 6.07 Å². The van der Waals surface area contributed by atoms with Gasteiger partial charge in [-0.25, -0.2) is 9.18 Å². The molecule has 0 aromatic heterocycles. The number of carbonyl (C=O) groups is 1. The summed E-state index contributed by atoms with van der Waals surface area (Å²) >= 11 is 4.86. The Balaban J connectivity index is 1.71. The highest BCUT2D eigenvalue weighted by Crippen LogP contribution is 2.48. The van der Waals surface area contributed by atoms with Gasteiger partial charge in [0.2, 0.25) is 0 Å². The lowest BCUT2D eigenvalue weighted by atomic mass is 9.97. The highest BCUT2D eigenvalue weighted by atomic mass is 32.1. The molecule has 1 aliphatic carbocycles. The van der Waals surface area contributed by atoms with Gasteiger partial charge in [-0.2, -0.15) is 5.26 Å². The average molecular weight is 349 g/mol. The summed E-state index contributed by atoms with van der Waals surface area (Å²) in [6, 6.07) is 6.68. The van der Waals surface area contributed by atoms with Gasteiger partial charge in [0.25, 0.3) is 5.17 Å². The molecule has 1 N–H and O–H groups in total. The second-order valence-electron chi connectivity index (χ2n) is 5.85. The number of nitrogens with one attached hydrogen (secondary N) is 1. The first kappa shape index (κ1) is 16.5. The third-order valence-electron chi connectivity index (χ3n) is 4.28. The molecule has 1 heterocycles. The summed E-state index contributed by atoms with van der Waals surface area (Å²) in [6.45, 7) is 0.591. The Morgan fingerprint density at radius 1 is 1.62 bits per heavy atom. The summed E-state index contributed by atoms with van der Waals surface area (Å²) in [5.74, 6) is -0.471. The minimum atomic E-state index is -0.698. The van der Waals surface area contributed by atoms with Gasteiger partial charge in [-0.3, -0.25) is 4.90 Å². The molecular formula is C16H16FN3O3S. The first-order valence-corrected chi connectivity index (χ1v) is 7.91. The maximum atomic E-state index is 14.4. The lowest BCUT2D eigenvalue weighted by Crippen LogP contribution is -2.34. The van der Waals surface area contributed by atoms with E-state index in [1.165, 1.54) is 18.1 Å². The number of benzene rings is 1. The van der Waals surface area contributed by atoms with E-state index in [-0.39, 0.29) is 11.7 Å². The van der Waals surface area contributed by atoms with Gasteiger partial charge in [0.1, 0.15) is 11.9 Å². The third kappa shape index (κ3) is 2.99. The molecule has 1 saturated carbocycles. The van der Waals surface area contributed by atoms with Crippen LogP contribution in [-0.2, 0) is 14.9 Å². The second-order valence-corrected chi connectivity index (χ2v) is 6.22. The highest BCUT2D eigenvalue weighted by molar-refractivity contribution is 7.80. The van der Waals surface area contributed by atoms with Gasteiger partial charge in [-0.05, 0) is 37.2 Å². The van der Waals surface area contributed by atoms with Crippen LogP contribution >= 0.6 is 12.2 Å². The fourth-order valence-electron chi connectivity index (χ4n) is 2.73. The minimum Gasteiger partial charge on any atom is -0.474 e. The van der Waals surface area contributed by atoms with Crippen molar-refractivity contribution in [1.82, 2.24) is 5.32 Å². The number of thiocarbonyl (C=S) groups is 1. The molecule has 6 nitrogen and oxygen atoms in total. The molecule has 1 atom stereocenters. The summed E-state index contributed by atoms with van der Waals surface area (Å²) in [6.07, 6.45) is 0.373. The van der Waals surface area contributed by atoms with Crippen LogP contribution in [0.15, 0.2) is 18.2 Å². The zero-order valence-electron chi connectivity index (χ0n) is 13.0. The number of anilines is 1. The summed E-state index contributed by atoms with van der Waals surface area (Å²) in [7, 11) is 1.44. The van der Waals surface area contributed by atoms with Crippen molar-refractivity contribution in [3.05, 3.63) is 29.6 Å². The number of hydrogen-bond donors (Lipinski definition) is 1.